The molecule has 1 saturated heterocycles. The zero-order chi connectivity index (χ0) is 14.5. The Morgan fingerprint density at radius 1 is 1.35 bits per heavy atom. The van der Waals surface area contributed by atoms with E-state index in [1.165, 1.54) is 12.5 Å². The lowest BCUT2D eigenvalue weighted by atomic mass is 9.93. The van der Waals surface area contributed by atoms with Crippen LogP contribution in [0.15, 0.2) is 18.2 Å². The third-order valence-corrected chi connectivity index (χ3v) is 4.24. The van der Waals surface area contributed by atoms with Gasteiger partial charge in [0.25, 0.3) is 0 Å². The maximum Gasteiger partial charge on any atom is 0.130 e. The zero-order valence-corrected chi connectivity index (χ0v) is 12.1. The third kappa shape index (κ3) is 3.36. The molecule has 0 aromatic heterocycles. The number of hydrogen-bond donors (Lipinski definition) is 1. The number of halogens is 2. The number of nitrogens with zero attached hydrogens (tertiary/aromatic N) is 1. The molecule has 1 aromatic carbocycles. The molecule has 1 heterocycles. The van der Waals surface area contributed by atoms with Crippen molar-refractivity contribution in [2.45, 2.75) is 51.1 Å². The lowest BCUT2D eigenvalue weighted by Crippen LogP contribution is -2.44. The van der Waals surface area contributed by atoms with Gasteiger partial charge in [-0.2, -0.15) is 0 Å². The Morgan fingerprint density at radius 3 is 2.80 bits per heavy atom. The van der Waals surface area contributed by atoms with E-state index in [2.05, 4.69) is 11.8 Å². The summed E-state index contributed by atoms with van der Waals surface area (Å²) in [7, 11) is 0. The summed E-state index contributed by atoms with van der Waals surface area (Å²) in [6.45, 7) is 3.48. The number of benzene rings is 1. The van der Waals surface area contributed by atoms with Gasteiger partial charge in [-0.3, -0.25) is 4.90 Å². The van der Waals surface area contributed by atoms with Crippen LogP contribution >= 0.6 is 0 Å². The SMILES string of the molecule is CCCC1CCCCN1C(CN)c1ccc(F)cc1F. The summed E-state index contributed by atoms with van der Waals surface area (Å²) < 4.78 is 27.1. The first-order valence-corrected chi connectivity index (χ1v) is 7.58. The second kappa shape index (κ2) is 7.14. The quantitative estimate of drug-likeness (QED) is 0.893. The van der Waals surface area contributed by atoms with Gasteiger partial charge in [-0.1, -0.05) is 25.8 Å². The average molecular weight is 282 g/mol. The lowest BCUT2D eigenvalue weighted by molar-refractivity contribution is 0.0894. The molecule has 0 spiro atoms. The summed E-state index contributed by atoms with van der Waals surface area (Å²) in [6, 6.07) is 4.13. The van der Waals surface area contributed by atoms with Gasteiger partial charge < -0.3 is 5.73 Å². The molecule has 0 amide bonds. The summed E-state index contributed by atoms with van der Waals surface area (Å²) in [5.74, 6) is -1.02. The van der Waals surface area contributed by atoms with Crippen LogP contribution in [0.3, 0.4) is 0 Å². The molecule has 1 aliphatic heterocycles. The standard InChI is InChI=1S/C16H24F2N2/c1-2-5-13-6-3-4-9-20(13)16(11-19)14-8-7-12(17)10-15(14)18/h7-8,10,13,16H,2-6,9,11,19H2,1H3. The fourth-order valence-electron chi connectivity index (χ4n) is 3.29. The Labute approximate surface area is 120 Å². The smallest absolute Gasteiger partial charge is 0.130 e. The minimum atomic E-state index is -0.536. The highest BCUT2D eigenvalue weighted by molar-refractivity contribution is 5.23. The normalized spacial score (nSPS) is 21.9. The number of nitrogens with two attached hydrogens (primary N) is 1. The van der Waals surface area contributed by atoms with Gasteiger partial charge in [0.05, 0.1) is 6.04 Å². The van der Waals surface area contributed by atoms with Crippen molar-refractivity contribution < 1.29 is 8.78 Å². The van der Waals surface area contributed by atoms with Gasteiger partial charge in [-0.25, -0.2) is 8.78 Å². The first-order valence-electron chi connectivity index (χ1n) is 7.58. The van der Waals surface area contributed by atoms with Crippen LogP contribution in [0, 0.1) is 11.6 Å². The highest BCUT2D eigenvalue weighted by atomic mass is 19.1. The van der Waals surface area contributed by atoms with Gasteiger partial charge in [0.2, 0.25) is 0 Å². The van der Waals surface area contributed by atoms with E-state index in [9.17, 15) is 8.78 Å². The summed E-state index contributed by atoms with van der Waals surface area (Å²) in [4.78, 5) is 2.32. The maximum absolute atomic E-state index is 14.0. The Balaban J connectivity index is 2.25. The van der Waals surface area contributed by atoms with Crippen LogP contribution in [-0.4, -0.2) is 24.0 Å². The lowest BCUT2D eigenvalue weighted by Gasteiger charge is -2.41. The van der Waals surface area contributed by atoms with Gasteiger partial charge in [-0.15, -0.1) is 0 Å². The summed E-state index contributed by atoms with van der Waals surface area (Å²) in [5.41, 5.74) is 6.42. The Morgan fingerprint density at radius 2 is 2.15 bits per heavy atom. The molecule has 1 aliphatic rings. The molecule has 1 aromatic rings. The van der Waals surface area contributed by atoms with Crippen LogP contribution in [-0.2, 0) is 0 Å². The van der Waals surface area contributed by atoms with Crippen LogP contribution < -0.4 is 5.73 Å². The molecule has 2 unspecified atom stereocenters. The monoisotopic (exact) mass is 282 g/mol. The van der Waals surface area contributed by atoms with Crippen molar-refractivity contribution in [2.75, 3.05) is 13.1 Å². The van der Waals surface area contributed by atoms with Crippen molar-refractivity contribution >= 4 is 0 Å². The van der Waals surface area contributed by atoms with Crippen molar-refractivity contribution in [3.05, 3.63) is 35.4 Å². The Kier molecular flexibility index (Phi) is 5.49. The summed E-state index contributed by atoms with van der Waals surface area (Å²) in [6.07, 6.45) is 5.72. The molecule has 0 bridgehead atoms. The van der Waals surface area contributed by atoms with Crippen molar-refractivity contribution in [3.8, 4) is 0 Å². The molecule has 4 heteroatoms. The van der Waals surface area contributed by atoms with E-state index in [0.29, 0.717) is 18.2 Å². The van der Waals surface area contributed by atoms with Gasteiger partial charge >= 0.3 is 0 Å². The van der Waals surface area contributed by atoms with Gasteiger partial charge in [0.15, 0.2) is 0 Å². The largest absolute Gasteiger partial charge is 0.329 e. The number of piperidine rings is 1. The van der Waals surface area contributed by atoms with Crippen LogP contribution in [0.25, 0.3) is 0 Å². The minimum absolute atomic E-state index is 0.146. The van der Waals surface area contributed by atoms with Crippen molar-refractivity contribution in [2.24, 2.45) is 5.73 Å². The highest BCUT2D eigenvalue weighted by Gasteiger charge is 2.29. The molecule has 112 valence electrons. The molecule has 0 saturated carbocycles. The Bertz CT molecular complexity index is 434. The first kappa shape index (κ1) is 15.4. The second-order valence-corrected chi connectivity index (χ2v) is 5.59. The van der Waals surface area contributed by atoms with E-state index >= 15 is 0 Å². The summed E-state index contributed by atoms with van der Waals surface area (Å²) in [5, 5.41) is 0. The van der Waals surface area contributed by atoms with Crippen molar-refractivity contribution in [1.29, 1.82) is 0 Å². The van der Waals surface area contributed by atoms with E-state index in [0.717, 1.165) is 38.3 Å². The molecule has 2 nitrogen and oxygen atoms in total. The molecular weight excluding hydrogens is 258 g/mol. The maximum atomic E-state index is 14.0. The predicted octanol–water partition coefficient (Wildman–Crippen LogP) is 3.62. The molecule has 0 aliphatic carbocycles. The fourth-order valence-corrected chi connectivity index (χ4v) is 3.29. The van der Waals surface area contributed by atoms with E-state index in [1.54, 1.807) is 6.07 Å². The molecule has 20 heavy (non-hydrogen) atoms. The number of likely N-dealkylation sites (tertiary alicyclic amines) is 1. The van der Waals surface area contributed by atoms with E-state index in [-0.39, 0.29) is 6.04 Å². The third-order valence-electron chi connectivity index (χ3n) is 4.24. The van der Waals surface area contributed by atoms with Crippen molar-refractivity contribution in [3.63, 3.8) is 0 Å². The molecular formula is C16H24F2N2. The van der Waals surface area contributed by atoms with Crippen LogP contribution in [0.2, 0.25) is 0 Å². The number of hydrogen-bond acceptors (Lipinski definition) is 2. The molecule has 2 N–H and O–H groups in total. The fraction of sp³-hybridized carbons (Fsp3) is 0.625. The predicted molar refractivity (Wildman–Crippen MR) is 77.4 cm³/mol. The number of rotatable bonds is 5. The van der Waals surface area contributed by atoms with Gasteiger partial charge in [0.1, 0.15) is 11.6 Å². The van der Waals surface area contributed by atoms with Crippen LogP contribution in [0.4, 0.5) is 8.78 Å². The molecule has 1 fully saturated rings. The second-order valence-electron chi connectivity index (χ2n) is 5.59. The Hall–Kier alpha value is -1.00. The molecule has 2 atom stereocenters. The van der Waals surface area contributed by atoms with Crippen LogP contribution in [0.5, 0.6) is 0 Å². The van der Waals surface area contributed by atoms with Crippen molar-refractivity contribution in [1.82, 2.24) is 4.90 Å². The zero-order valence-electron chi connectivity index (χ0n) is 12.1. The van der Waals surface area contributed by atoms with E-state index in [4.69, 9.17) is 5.73 Å². The van der Waals surface area contributed by atoms with E-state index in [1.807, 2.05) is 0 Å². The highest BCUT2D eigenvalue weighted by Crippen LogP contribution is 2.31. The van der Waals surface area contributed by atoms with Crippen LogP contribution in [0.1, 0.15) is 50.6 Å². The summed E-state index contributed by atoms with van der Waals surface area (Å²) >= 11 is 0. The topological polar surface area (TPSA) is 29.3 Å². The van der Waals surface area contributed by atoms with E-state index < -0.39 is 11.6 Å². The molecule has 2 rings (SSSR count). The first-order chi connectivity index (χ1) is 9.67. The molecule has 0 radical (unpaired) electrons. The van der Waals surface area contributed by atoms with Gasteiger partial charge in [-0.05, 0) is 31.9 Å². The van der Waals surface area contributed by atoms with Gasteiger partial charge in [0, 0.05) is 24.2 Å². The average Bonchev–Trinajstić information content (AvgIpc) is 2.44. The minimum Gasteiger partial charge on any atom is -0.329 e.